The van der Waals surface area contributed by atoms with Crippen molar-refractivity contribution in [3.05, 3.63) is 42.5 Å². The van der Waals surface area contributed by atoms with Crippen molar-refractivity contribution in [1.29, 1.82) is 0 Å². The van der Waals surface area contributed by atoms with Crippen LogP contribution in [0.4, 0.5) is 10.3 Å². The molecule has 1 atom stereocenters. The van der Waals surface area contributed by atoms with Gasteiger partial charge in [0, 0.05) is 37.6 Å². The van der Waals surface area contributed by atoms with Crippen molar-refractivity contribution in [3.63, 3.8) is 0 Å². The molecule has 2 heterocycles. The average Bonchev–Trinajstić information content (AvgIpc) is 2.77. The molecule has 1 aliphatic heterocycles. The van der Waals surface area contributed by atoms with Gasteiger partial charge in [0.2, 0.25) is 11.9 Å². The van der Waals surface area contributed by atoms with E-state index in [9.17, 15) is 9.18 Å². The fraction of sp³-hybridized carbons (Fsp3) is 0.522. The van der Waals surface area contributed by atoms with Gasteiger partial charge in [0.1, 0.15) is 5.82 Å². The number of piperidine rings is 1. The molecule has 1 amide bonds. The summed E-state index contributed by atoms with van der Waals surface area (Å²) < 4.78 is 13.1. The molecular formula is C23H31FN4O. The summed E-state index contributed by atoms with van der Waals surface area (Å²) in [7, 11) is 0. The number of halogens is 1. The van der Waals surface area contributed by atoms with E-state index in [-0.39, 0.29) is 17.6 Å². The molecule has 2 aromatic rings. The maximum atomic E-state index is 13.1. The molecule has 1 N–H and O–H groups in total. The van der Waals surface area contributed by atoms with E-state index in [1.165, 1.54) is 37.8 Å². The standard InChI is InChI=1S/C23H31FN4O/c1-2-3-4-5-6-13-25-22(29)19-8-7-14-28(17-19)23-26-15-20(16-27-23)18-9-11-21(24)12-10-18/h9-12,15-16,19H,2-8,13-14,17H2,1H3,(H,25,29)/t19-/m0/s1. The molecule has 0 bridgehead atoms. The maximum Gasteiger partial charge on any atom is 0.225 e. The third-order valence-electron chi connectivity index (χ3n) is 5.47. The average molecular weight is 399 g/mol. The lowest BCUT2D eigenvalue weighted by molar-refractivity contribution is -0.125. The summed E-state index contributed by atoms with van der Waals surface area (Å²) >= 11 is 0. The number of hydrogen-bond acceptors (Lipinski definition) is 4. The number of hydrogen-bond donors (Lipinski definition) is 1. The van der Waals surface area contributed by atoms with Crippen LogP contribution in [-0.2, 0) is 4.79 Å². The predicted octanol–water partition coefficient (Wildman–Crippen LogP) is 4.59. The lowest BCUT2D eigenvalue weighted by atomic mass is 9.97. The minimum atomic E-state index is -0.259. The summed E-state index contributed by atoms with van der Waals surface area (Å²) in [5.74, 6) is 0.519. The van der Waals surface area contributed by atoms with Gasteiger partial charge in [-0.1, -0.05) is 44.7 Å². The maximum absolute atomic E-state index is 13.1. The molecule has 0 unspecified atom stereocenters. The fourth-order valence-corrected chi connectivity index (χ4v) is 3.73. The van der Waals surface area contributed by atoms with Crippen LogP contribution >= 0.6 is 0 Å². The Balaban J connectivity index is 1.51. The van der Waals surface area contributed by atoms with Crippen LogP contribution in [0.15, 0.2) is 36.7 Å². The number of unbranched alkanes of at least 4 members (excludes halogenated alkanes) is 4. The minimum Gasteiger partial charge on any atom is -0.356 e. The van der Waals surface area contributed by atoms with Crippen LogP contribution in [0.3, 0.4) is 0 Å². The lowest BCUT2D eigenvalue weighted by Crippen LogP contribution is -2.43. The Bertz CT molecular complexity index is 763. The second-order valence-corrected chi connectivity index (χ2v) is 7.77. The Kier molecular flexibility index (Phi) is 7.96. The van der Waals surface area contributed by atoms with Crippen LogP contribution in [0, 0.1) is 11.7 Å². The molecule has 0 radical (unpaired) electrons. The van der Waals surface area contributed by atoms with Gasteiger partial charge in [-0.15, -0.1) is 0 Å². The van der Waals surface area contributed by atoms with Crippen LogP contribution in [0.1, 0.15) is 51.9 Å². The normalized spacial score (nSPS) is 16.6. The van der Waals surface area contributed by atoms with E-state index in [2.05, 4.69) is 27.1 Å². The molecule has 6 heteroatoms. The second-order valence-electron chi connectivity index (χ2n) is 7.77. The first-order chi connectivity index (χ1) is 14.2. The van der Waals surface area contributed by atoms with Crippen LogP contribution < -0.4 is 10.2 Å². The Morgan fingerprint density at radius 3 is 2.55 bits per heavy atom. The van der Waals surface area contributed by atoms with E-state index in [0.717, 1.165) is 43.5 Å². The van der Waals surface area contributed by atoms with Gasteiger partial charge in [-0.05, 0) is 37.0 Å². The number of aromatic nitrogens is 2. The molecule has 0 spiro atoms. The molecule has 3 rings (SSSR count). The van der Waals surface area contributed by atoms with Crippen molar-refractivity contribution >= 4 is 11.9 Å². The number of nitrogens with one attached hydrogen (secondary N) is 1. The first-order valence-electron chi connectivity index (χ1n) is 10.8. The summed E-state index contributed by atoms with van der Waals surface area (Å²) in [6.07, 6.45) is 11.4. The topological polar surface area (TPSA) is 58.1 Å². The number of nitrogens with zero attached hydrogens (tertiary/aromatic N) is 3. The predicted molar refractivity (Wildman–Crippen MR) is 114 cm³/mol. The highest BCUT2D eigenvalue weighted by Gasteiger charge is 2.26. The highest BCUT2D eigenvalue weighted by molar-refractivity contribution is 5.79. The number of amides is 1. The molecule has 0 saturated carbocycles. The van der Waals surface area contributed by atoms with Gasteiger partial charge in [-0.3, -0.25) is 4.79 Å². The molecule has 1 saturated heterocycles. The summed E-state index contributed by atoms with van der Waals surface area (Å²) in [4.78, 5) is 23.6. The number of benzene rings is 1. The first kappa shape index (κ1) is 21.2. The largest absolute Gasteiger partial charge is 0.356 e. The molecule has 1 fully saturated rings. The fourth-order valence-electron chi connectivity index (χ4n) is 3.73. The Hall–Kier alpha value is -2.50. The summed E-state index contributed by atoms with van der Waals surface area (Å²) in [6, 6.07) is 6.30. The van der Waals surface area contributed by atoms with E-state index in [1.807, 2.05) is 0 Å². The van der Waals surface area contributed by atoms with E-state index in [0.29, 0.717) is 12.5 Å². The lowest BCUT2D eigenvalue weighted by Gasteiger charge is -2.32. The third-order valence-corrected chi connectivity index (χ3v) is 5.47. The van der Waals surface area contributed by atoms with Gasteiger partial charge < -0.3 is 10.2 Å². The van der Waals surface area contributed by atoms with E-state index >= 15 is 0 Å². The van der Waals surface area contributed by atoms with Gasteiger partial charge in [-0.25, -0.2) is 14.4 Å². The van der Waals surface area contributed by atoms with Crippen molar-refractivity contribution in [2.24, 2.45) is 5.92 Å². The Labute approximate surface area is 172 Å². The second kappa shape index (κ2) is 10.9. The van der Waals surface area contributed by atoms with Gasteiger partial charge in [-0.2, -0.15) is 0 Å². The third kappa shape index (κ3) is 6.24. The van der Waals surface area contributed by atoms with Crippen LogP contribution in [-0.4, -0.2) is 35.5 Å². The molecule has 1 aromatic carbocycles. The van der Waals surface area contributed by atoms with E-state index in [4.69, 9.17) is 0 Å². The molecule has 156 valence electrons. The monoisotopic (exact) mass is 398 g/mol. The summed E-state index contributed by atoms with van der Waals surface area (Å²) in [6.45, 7) is 4.48. The highest BCUT2D eigenvalue weighted by Crippen LogP contribution is 2.23. The molecular weight excluding hydrogens is 367 g/mol. The van der Waals surface area contributed by atoms with Gasteiger partial charge in [0.25, 0.3) is 0 Å². The highest BCUT2D eigenvalue weighted by atomic mass is 19.1. The molecule has 5 nitrogen and oxygen atoms in total. The summed E-state index contributed by atoms with van der Waals surface area (Å²) in [5, 5.41) is 3.10. The number of carbonyl (C=O) groups is 1. The molecule has 29 heavy (non-hydrogen) atoms. The smallest absolute Gasteiger partial charge is 0.225 e. The number of carbonyl (C=O) groups excluding carboxylic acids is 1. The Morgan fingerprint density at radius 1 is 1.10 bits per heavy atom. The van der Waals surface area contributed by atoms with Gasteiger partial charge in [0.15, 0.2) is 0 Å². The van der Waals surface area contributed by atoms with Gasteiger partial charge >= 0.3 is 0 Å². The first-order valence-corrected chi connectivity index (χ1v) is 10.8. The SMILES string of the molecule is CCCCCCCNC(=O)[C@H]1CCCN(c2ncc(-c3ccc(F)cc3)cn2)C1. The van der Waals surface area contributed by atoms with Crippen molar-refractivity contribution in [2.75, 3.05) is 24.5 Å². The molecule has 1 aromatic heterocycles. The van der Waals surface area contributed by atoms with Crippen molar-refractivity contribution in [2.45, 2.75) is 51.9 Å². The van der Waals surface area contributed by atoms with Crippen molar-refractivity contribution < 1.29 is 9.18 Å². The minimum absolute atomic E-state index is 0.0141. The van der Waals surface area contributed by atoms with E-state index in [1.54, 1.807) is 24.5 Å². The zero-order chi connectivity index (χ0) is 20.5. The van der Waals surface area contributed by atoms with Crippen LogP contribution in [0.5, 0.6) is 0 Å². The Morgan fingerprint density at radius 2 is 1.83 bits per heavy atom. The number of anilines is 1. The van der Waals surface area contributed by atoms with Gasteiger partial charge in [0.05, 0.1) is 5.92 Å². The summed E-state index contributed by atoms with van der Waals surface area (Å²) in [5.41, 5.74) is 1.73. The molecule has 1 aliphatic rings. The van der Waals surface area contributed by atoms with Crippen LogP contribution in [0.2, 0.25) is 0 Å². The van der Waals surface area contributed by atoms with Crippen LogP contribution in [0.25, 0.3) is 11.1 Å². The zero-order valence-electron chi connectivity index (χ0n) is 17.2. The quantitative estimate of drug-likeness (QED) is 0.628. The number of rotatable bonds is 9. The van der Waals surface area contributed by atoms with E-state index < -0.39 is 0 Å². The zero-order valence-corrected chi connectivity index (χ0v) is 17.2. The van der Waals surface area contributed by atoms with Crippen molar-refractivity contribution in [1.82, 2.24) is 15.3 Å². The van der Waals surface area contributed by atoms with Crippen molar-refractivity contribution in [3.8, 4) is 11.1 Å². The molecule has 0 aliphatic carbocycles.